The van der Waals surface area contributed by atoms with E-state index in [9.17, 15) is 14.4 Å². The van der Waals surface area contributed by atoms with E-state index in [0.717, 1.165) is 83.5 Å². The zero-order valence-corrected chi connectivity index (χ0v) is 45.4. The number of hydrogen-bond acceptors (Lipinski definition) is 6. The molecule has 6 heteroatoms. The van der Waals surface area contributed by atoms with Gasteiger partial charge in [0.25, 0.3) is 0 Å². The molecular formula is C62H112O6. The molecule has 0 aliphatic carbocycles. The fourth-order valence-corrected chi connectivity index (χ4v) is 8.63. The van der Waals surface area contributed by atoms with Gasteiger partial charge in [-0.2, -0.15) is 0 Å². The number of unbranched alkanes of at least 4 members (excludes halogenated alkanes) is 35. The number of carbonyl (C=O) groups is 3. The van der Waals surface area contributed by atoms with Crippen molar-refractivity contribution in [3.05, 3.63) is 48.6 Å². The quantitative estimate of drug-likeness (QED) is 0.0262. The minimum atomic E-state index is -0.782. The van der Waals surface area contributed by atoms with Crippen LogP contribution in [-0.4, -0.2) is 37.2 Å². The van der Waals surface area contributed by atoms with Gasteiger partial charge in [0.05, 0.1) is 0 Å². The van der Waals surface area contributed by atoms with Gasteiger partial charge < -0.3 is 14.2 Å². The number of esters is 3. The lowest BCUT2D eigenvalue weighted by atomic mass is 10.0. The number of rotatable bonds is 54. The van der Waals surface area contributed by atoms with E-state index < -0.39 is 6.10 Å². The molecule has 6 nitrogen and oxygen atoms in total. The number of allylic oxidation sites excluding steroid dienone is 8. The van der Waals surface area contributed by atoms with E-state index in [1.54, 1.807) is 0 Å². The van der Waals surface area contributed by atoms with E-state index in [4.69, 9.17) is 14.2 Å². The molecule has 0 aromatic carbocycles. The fourth-order valence-electron chi connectivity index (χ4n) is 8.63. The van der Waals surface area contributed by atoms with Crippen molar-refractivity contribution in [2.75, 3.05) is 13.2 Å². The molecule has 0 amide bonds. The van der Waals surface area contributed by atoms with E-state index in [1.807, 2.05) is 0 Å². The minimum absolute atomic E-state index is 0.0797. The first-order valence-corrected chi connectivity index (χ1v) is 29.6. The van der Waals surface area contributed by atoms with Crippen LogP contribution in [0.5, 0.6) is 0 Å². The second-order valence-electron chi connectivity index (χ2n) is 19.9. The van der Waals surface area contributed by atoms with Gasteiger partial charge in [0.2, 0.25) is 0 Å². The summed E-state index contributed by atoms with van der Waals surface area (Å²) in [5.74, 6) is -0.896. The molecule has 0 fully saturated rings. The Morgan fingerprint density at radius 3 is 0.926 bits per heavy atom. The average Bonchev–Trinajstić information content (AvgIpc) is 3.34. The summed E-state index contributed by atoms with van der Waals surface area (Å²) in [4.78, 5) is 38.1. The van der Waals surface area contributed by atoms with E-state index in [2.05, 4.69) is 69.4 Å². The Balaban J connectivity index is 4.28. The monoisotopic (exact) mass is 953 g/mol. The first-order valence-electron chi connectivity index (χ1n) is 29.6. The third-order valence-corrected chi connectivity index (χ3v) is 13.1. The van der Waals surface area contributed by atoms with Crippen LogP contribution in [0.2, 0.25) is 0 Å². The van der Waals surface area contributed by atoms with Crippen molar-refractivity contribution in [3.63, 3.8) is 0 Å². The second kappa shape index (κ2) is 57.0. The van der Waals surface area contributed by atoms with Gasteiger partial charge in [-0.1, -0.05) is 262 Å². The maximum absolute atomic E-state index is 12.8. The SMILES string of the molecule is CC/C=C\C/C=C\C/C=C\CCCCCC(=O)OCC(COC(=O)CCCCCCCCCCCCC/C=C\CCCCCCCCCC)OC(=O)CCCCCCCCCCCCCCCC. The van der Waals surface area contributed by atoms with Crippen LogP contribution < -0.4 is 0 Å². The molecule has 0 saturated heterocycles. The largest absolute Gasteiger partial charge is 0.462 e. The lowest BCUT2D eigenvalue weighted by molar-refractivity contribution is -0.167. The summed E-state index contributed by atoms with van der Waals surface area (Å²) in [6.07, 6.45) is 69.7. The highest BCUT2D eigenvalue weighted by molar-refractivity contribution is 5.71. The van der Waals surface area contributed by atoms with Crippen molar-refractivity contribution in [1.82, 2.24) is 0 Å². The van der Waals surface area contributed by atoms with Gasteiger partial charge in [0, 0.05) is 19.3 Å². The molecule has 0 spiro atoms. The first kappa shape index (κ1) is 65.4. The van der Waals surface area contributed by atoms with Crippen LogP contribution in [0.25, 0.3) is 0 Å². The molecule has 0 saturated carbocycles. The topological polar surface area (TPSA) is 78.9 Å². The summed E-state index contributed by atoms with van der Waals surface area (Å²) in [6.45, 7) is 6.54. The maximum atomic E-state index is 12.8. The number of ether oxygens (including phenoxy) is 3. The smallest absolute Gasteiger partial charge is 0.306 e. The van der Waals surface area contributed by atoms with Crippen molar-refractivity contribution in [2.24, 2.45) is 0 Å². The van der Waals surface area contributed by atoms with E-state index in [-0.39, 0.29) is 31.1 Å². The lowest BCUT2D eigenvalue weighted by Gasteiger charge is -2.18. The molecular weight excluding hydrogens is 841 g/mol. The van der Waals surface area contributed by atoms with Crippen LogP contribution in [0.4, 0.5) is 0 Å². The normalized spacial score (nSPS) is 12.3. The first-order chi connectivity index (χ1) is 33.5. The standard InChI is InChI=1S/C62H112O6/c1-4-7-10-13-16-19-22-25-27-28-29-30-31-32-33-34-35-38-40-43-46-49-52-55-61(64)67-58-59(57-66-60(63)54-51-48-45-42-39-36-24-21-18-15-12-9-6-3)68-62(65)56-53-50-47-44-41-37-26-23-20-17-14-11-8-5-2/h9,12,18,21,28-29,36,39,59H,4-8,10-11,13-17,19-20,22-27,30-35,37-38,40-58H2,1-3H3/b12-9-,21-18-,29-28-,39-36-. The Morgan fingerprint density at radius 2 is 0.574 bits per heavy atom. The van der Waals surface area contributed by atoms with Crippen molar-refractivity contribution in [3.8, 4) is 0 Å². The van der Waals surface area contributed by atoms with Gasteiger partial charge in [0.15, 0.2) is 6.10 Å². The molecule has 0 aliphatic heterocycles. The third-order valence-electron chi connectivity index (χ3n) is 13.1. The number of hydrogen-bond donors (Lipinski definition) is 0. The molecule has 0 aromatic rings. The molecule has 0 aliphatic rings. The maximum Gasteiger partial charge on any atom is 0.306 e. The molecule has 68 heavy (non-hydrogen) atoms. The van der Waals surface area contributed by atoms with Crippen molar-refractivity contribution in [2.45, 2.75) is 316 Å². The molecule has 0 bridgehead atoms. The van der Waals surface area contributed by atoms with E-state index >= 15 is 0 Å². The summed E-state index contributed by atoms with van der Waals surface area (Å²) in [6, 6.07) is 0. The Morgan fingerprint density at radius 1 is 0.309 bits per heavy atom. The van der Waals surface area contributed by atoms with Crippen molar-refractivity contribution >= 4 is 17.9 Å². The Labute approximate surface area is 422 Å². The summed E-state index contributed by atoms with van der Waals surface area (Å²) >= 11 is 0. The van der Waals surface area contributed by atoms with Crippen LogP contribution in [0.15, 0.2) is 48.6 Å². The highest BCUT2D eigenvalue weighted by Gasteiger charge is 2.19. The van der Waals surface area contributed by atoms with Gasteiger partial charge in [0.1, 0.15) is 13.2 Å². The van der Waals surface area contributed by atoms with Gasteiger partial charge in [-0.05, 0) is 77.0 Å². The predicted octanol–water partition coefficient (Wildman–Crippen LogP) is 19.8. The average molecular weight is 954 g/mol. The van der Waals surface area contributed by atoms with Crippen molar-refractivity contribution < 1.29 is 28.6 Å². The second-order valence-corrected chi connectivity index (χ2v) is 19.9. The summed E-state index contributed by atoms with van der Waals surface area (Å²) in [7, 11) is 0. The molecule has 1 atom stereocenters. The van der Waals surface area contributed by atoms with Crippen LogP contribution >= 0.6 is 0 Å². The van der Waals surface area contributed by atoms with Crippen LogP contribution in [-0.2, 0) is 28.6 Å². The van der Waals surface area contributed by atoms with Gasteiger partial charge >= 0.3 is 17.9 Å². The van der Waals surface area contributed by atoms with E-state index in [0.29, 0.717) is 19.3 Å². The van der Waals surface area contributed by atoms with Gasteiger partial charge in [-0.25, -0.2) is 0 Å². The Kier molecular flexibility index (Phi) is 54.8. The zero-order chi connectivity index (χ0) is 49.3. The zero-order valence-electron chi connectivity index (χ0n) is 45.4. The summed E-state index contributed by atoms with van der Waals surface area (Å²) < 4.78 is 16.8. The predicted molar refractivity (Wildman–Crippen MR) is 293 cm³/mol. The molecule has 396 valence electrons. The summed E-state index contributed by atoms with van der Waals surface area (Å²) in [5.41, 5.74) is 0. The van der Waals surface area contributed by atoms with Gasteiger partial charge in [-0.15, -0.1) is 0 Å². The highest BCUT2D eigenvalue weighted by Crippen LogP contribution is 2.17. The molecule has 0 aromatic heterocycles. The van der Waals surface area contributed by atoms with E-state index in [1.165, 1.54) is 186 Å². The molecule has 0 radical (unpaired) electrons. The van der Waals surface area contributed by atoms with Crippen LogP contribution in [0.1, 0.15) is 310 Å². The number of carbonyl (C=O) groups excluding carboxylic acids is 3. The summed E-state index contributed by atoms with van der Waals surface area (Å²) in [5, 5.41) is 0. The molecule has 0 heterocycles. The Hall–Kier alpha value is -2.63. The third kappa shape index (κ3) is 54.3. The molecule has 0 rings (SSSR count). The minimum Gasteiger partial charge on any atom is -0.462 e. The molecule has 1 unspecified atom stereocenters. The van der Waals surface area contributed by atoms with Gasteiger partial charge in [-0.3, -0.25) is 14.4 Å². The molecule has 0 N–H and O–H groups in total. The Bertz CT molecular complexity index is 1190. The highest BCUT2D eigenvalue weighted by atomic mass is 16.6. The van der Waals surface area contributed by atoms with Crippen LogP contribution in [0, 0.1) is 0 Å². The fraction of sp³-hybridized carbons (Fsp3) is 0.823. The van der Waals surface area contributed by atoms with Crippen molar-refractivity contribution in [1.29, 1.82) is 0 Å². The lowest BCUT2D eigenvalue weighted by Crippen LogP contribution is -2.30. The van der Waals surface area contributed by atoms with Crippen LogP contribution in [0.3, 0.4) is 0 Å².